The lowest BCUT2D eigenvalue weighted by molar-refractivity contribution is -0.413. The monoisotopic (exact) mass is 286 g/mol. The number of rotatable bonds is 0. The number of hydrogen-bond donors (Lipinski definition) is 0. The molecule has 5 rings (SSSR count). The van der Waals surface area contributed by atoms with Crippen LogP contribution in [0.25, 0.3) is 0 Å². The quantitative estimate of drug-likeness (QED) is 0.533. The van der Waals surface area contributed by atoms with Crippen molar-refractivity contribution < 1.29 is 8.67 Å². The van der Waals surface area contributed by atoms with E-state index in [-0.39, 0.29) is 10.7 Å². The zero-order chi connectivity index (χ0) is 12.4. The topological polar surface area (TPSA) is 31.3 Å². The van der Waals surface area contributed by atoms with Crippen molar-refractivity contribution >= 4 is 44.9 Å². The van der Waals surface area contributed by atoms with Crippen LogP contribution >= 0.6 is 22.4 Å². The fraction of sp³-hybridized carbons (Fsp3) is 0.154. The van der Waals surface area contributed by atoms with E-state index in [2.05, 4.69) is 36.4 Å². The molecular formula is C13H10N4S2+2. The predicted molar refractivity (Wildman–Crippen MR) is 80.2 cm³/mol. The SMILES string of the molecule is C1=CS2=C3C(C=[N+]2N=C1)SC1=[N+]3Cc2cccnc21. The fourth-order valence-corrected chi connectivity index (χ4v) is 6.36. The Bertz CT molecular complexity index is 786. The van der Waals surface area contributed by atoms with E-state index in [0.29, 0.717) is 5.25 Å². The van der Waals surface area contributed by atoms with Crippen LogP contribution in [0.15, 0.2) is 34.9 Å². The second-order valence-electron chi connectivity index (χ2n) is 4.64. The molecule has 5 heterocycles. The molecule has 0 saturated carbocycles. The van der Waals surface area contributed by atoms with E-state index in [1.54, 1.807) is 0 Å². The number of pyridine rings is 1. The van der Waals surface area contributed by atoms with Crippen molar-refractivity contribution in [2.45, 2.75) is 11.8 Å². The highest BCUT2D eigenvalue weighted by molar-refractivity contribution is 8.20. The molecule has 2 unspecified atom stereocenters. The molecule has 0 aliphatic carbocycles. The maximum Gasteiger partial charge on any atom is 0.299 e. The fourth-order valence-electron chi connectivity index (χ4n) is 2.79. The Balaban J connectivity index is 1.72. The van der Waals surface area contributed by atoms with Gasteiger partial charge in [-0.05, 0) is 34.1 Å². The number of aromatic nitrogens is 1. The lowest BCUT2D eigenvalue weighted by Gasteiger charge is -1.98. The van der Waals surface area contributed by atoms with E-state index in [4.69, 9.17) is 0 Å². The first kappa shape index (κ1) is 10.3. The molecule has 4 aliphatic heterocycles. The second kappa shape index (κ2) is 3.52. The summed E-state index contributed by atoms with van der Waals surface area (Å²) >= 11 is 1.91. The summed E-state index contributed by atoms with van der Waals surface area (Å²) in [6.07, 6.45) is 8.03. The normalized spacial score (nSPS) is 29.3. The molecule has 0 radical (unpaired) electrons. The zero-order valence-electron chi connectivity index (χ0n) is 9.93. The van der Waals surface area contributed by atoms with E-state index >= 15 is 0 Å². The summed E-state index contributed by atoms with van der Waals surface area (Å²) in [7, 11) is -0.0171. The second-order valence-corrected chi connectivity index (χ2v) is 7.46. The van der Waals surface area contributed by atoms with Gasteiger partial charge >= 0.3 is 0 Å². The molecule has 92 valence electrons. The van der Waals surface area contributed by atoms with Gasteiger partial charge in [-0.1, -0.05) is 0 Å². The molecule has 0 fully saturated rings. The smallest absolute Gasteiger partial charge is 0.249 e. The van der Waals surface area contributed by atoms with Crippen LogP contribution in [-0.4, -0.2) is 41.4 Å². The maximum absolute atomic E-state index is 4.55. The molecule has 2 atom stereocenters. The van der Waals surface area contributed by atoms with Crippen molar-refractivity contribution in [1.29, 1.82) is 0 Å². The number of allylic oxidation sites excluding steroid dienone is 1. The first-order chi connectivity index (χ1) is 9.42. The van der Waals surface area contributed by atoms with E-state index < -0.39 is 0 Å². The van der Waals surface area contributed by atoms with E-state index in [1.165, 1.54) is 21.3 Å². The van der Waals surface area contributed by atoms with Gasteiger partial charge in [-0.3, -0.25) is 0 Å². The highest BCUT2D eigenvalue weighted by Gasteiger charge is 2.53. The Morgan fingerprint density at radius 3 is 3.42 bits per heavy atom. The Morgan fingerprint density at radius 1 is 1.42 bits per heavy atom. The van der Waals surface area contributed by atoms with Crippen LogP contribution < -0.4 is 0 Å². The Hall–Kier alpha value is -1.53. The third-order valence-corrected chi connectivity index (χ3v) is 6.89. The molecule has 1 aromatic heterocycles. The van der Waals surface area contributed by atoms with Gasteiger partial charge in [0.25, 0.3) is 10.0 Å². The van der Waals surface area contributed by atoms with Crippen molar-refractivity contribution in [3.63, 3.8) is 0 Å². The van der Waals surface area contributed by atoms with Crippen LogP contribution in [0.3, 0.4) is 0 Å². The minimum Gasteiger partial charge on any atom is -0.249 e. The first-order valence-electron chi connectivity index (χ1n) is 6.12. The molecule has 0 aromatic carbocycles. The largest absolute Gasteiger partial charge is 0.299 e. The number of fused-ring (bicyclic) bond motifs is 5. The van der Waals surface area contributed by atoms with E-state index in [0.717, 1.165) is 6.54 Å². The number of thioether (sulfide) groups is 1. The number of nitrogens with zero attached hydrogens (tertiary/aromatic N) is 4. The van der Waals surface area contributed by atoms with Crippen LogP contribution in [0.2, 0.25) is 0 Å². The van der Waals surface area contributed by atoms with Gasteiger partial charge in [0.1, 0.15) is 0 Å². The first-order valence-corrected chi connectivity index (χ1v) is 8.25. The van der Waals surface area contributed by atoms with Crippen molar-refractivity contribution in [1.82, 2.24) is 4.98 Å². The molecular weight excluding hydrogens is 276 g/mol. The van der Waals surface area contributed by atoms with Crippen molar-refractivity contribution in [2.75, 3.05) is 0 Å². The molecule has 0 amide bonds. The van der Waals surface area contributed by atoms with Gasteiger partial charge in [0.15, 0.2) is 28.2 Å². The summed E-state index contributed by atoms with van der Waals surface area (Å²) in [6, 6.07) is 4.20. The summed E-state index contributed by atoms with van der Waals surface area (Å²) in [5.41, 5.74) is 2.50. The van der Waals surface area contributed by atoms with Crippen LogP contribution in [0.4, 0.5) is 0 Å². The lowest BCUT2D eigenvalue weighted by Crippen LogP contribution is -2.21. The van der Waals surface area contributed by atoms with Gasteiger partial charge in [-0.25, -0.2) is 4.98 Å². The number of hydrogen-bond acceptors (Lipinski definition) is 3. The molecule has 6 heteroatoms. The van der Waals surface area contributed by atoms with Gasteiger partial charge in [0.2, 0.25) is 6.21 Å². The third kappa shape index (κ3) is 1.25. The Kier molecular flexibility index (Phi) is 1.90. The standard InChI is InChI=1S/C13H10N4S2/c1-3-9-7-16-12(11(9)14-4-1)18-10-8-17-15-5-2-6-19(17)13(10)16/h1-6,8,10H,7H2/q+2. The van der Waals surface area contributed by atoms with E-state index in [1.807, 2.05) is 36.3 Å². The summed E-state index contributed by atoms with van der Waals surface area (Å²) in [5, 5.41) is 8.42. The molecule has 0 spiro atoms. The average Bonchev–Trinajstić information content (AvgIpc) is 3.05. The molecule has 4 aliphatic rings. The molecule has 0 bridgehead atoms. The van der Waals surface area contributed by atoms with Crippen molar-refractivity contribution in [3.8, 4) is 0 Å². The Labute approximate surface area is 116 Å². The molecule has 19 heavy (non-hydrogen) atoms. The van der Waals surface area contributed by atoms with Crippen molar-refractivity contribution in [3.05, 3.63) is 41.1 Å². The van der Waals surface area contributed by atoms with Gasteiger partial charge in [-0.2, -0.15) is 4.58 Å². The van der Waals surface area contributed by atoms with Gasteiger partial charge in [-0.15, -0.1) is 0 Å². The van der Waals surface area contributed by atoms with Crippen LogP contribution in [-0.2, 0) is 6.54 Å². The minimum absolute atomic E-state index is 0.0171. The summed E-state index contributed by atoms with van der Waals surface area (Å²) in [5.74, 6) is 0. The molecule has 4 nitrogen and oxygen atoms in total. The average molecular weight is 286 g/mol. The summed E-state index contributed by atoms with van der Waals surface area (Å²) in [4.78, 5) is 6.01. The van der Waals surface area contributed by atoms with Crippen LogP contribution in [0.5, 0.6) is 0 Å². The zero-order valence-corrected chi connectivity index (χ0v) is 11.6. The van der Waals surface area contributed by atoms with Gasteiger partial charge in [0.05, 0.1) is 6.21 Å². The lowest BCUT2D eigenvalue weighted by atomic mass is 10.2. The van der Waals surface area contributed by atoms with Gasteiger partial charge in [0, 0.05) is 22.3 Å². The minimum atomic E-state index is -0.0171. The molecule has 0 saturated heterocycles. The Morgan fingerprint density at radius 2 is 2.42 bits per heavy atom. The number of hydrazone groups is 1. The highest BCUT2D eigenvalue weighted by atomic mass is 32.2. The van der Waals surface area contributed by atoms with Crippen molar-refractivity contribution in [2.24, 2.45) is 5.10 Å². The summed E-state index contributed by atoms with van der Waals surface area (Å²) < 4.78 is 4.54. The van der Waals surface area contributed by atoms with Crippen LogP contribution in [0, 0.1) is 0 Å². The molecule has 1 aromatic rings. The van der Waals surface area contributed by atoms with Gasteiger partial charge < -0.3 is 0 Å². The third-order valence-electron chi connectivity index (χ3n) is 3.57. The van der Waals surface area contributed by atoms with E-state index in [9.17, 15) is 0 Å². The maximum atomic E-state index is 4.55. The highest BCUT2D eigenvalue weighted by Crippen LogP contribution is 2.41. The molecule has 0 N–H and O–H groups in total. The predicted octanol–water partition coefficient (Wildman–Crippen LogP) is 1.39. The summed E-state index contributed by atoms with van der Waals surface area (Å²) in [6.45, 7) is 0.958. The van der Waals surface area contributed by atoms with Crippen LogP contribution in [0.1, 0.15) is 11.3 Å².